The third-order valence-electron chi connectivity index (χ3n) is 3.49. The molecule has 1 saturated heterocycles. The maximum atomic E-state index is 11.5. The minimum Gasteiger partial charge on any atom is -0.481 e. The SMILES string of the molecule is COc1cc(N2CCCC(C)C2C(=O)O)nc(C)n1. The highest BCUT2D eigenvalue weighted by molar-refractivity contribution is 5.78. The molecule has 1 aromatic rings. The normalized spacial score (nSPS) is 23.2. The maximum absolute atomic E-state index is 11.5. The van der Waals surface area contributed by atoms with Gasteiger partial charge in [0.25, 0.3) is 0 Å². The van der Waals surface area contributed by atoms with Crippen LogP contribution in [0, 0.1) is 12.8 Å². The first-order chi connectivity index (χ1) is 9.02. The Bertz CT molecular complexity index is 478. The Kier molecular flexibility index (Phi) is 3.87. The van der Waals surface area contributed by atoms with Crippen molar-refractivity contribution < 1.29 is 14.6 Å². The van der Waals surface area contributed by atoms with E-state index in [1.165, 1.54) is 0 Å². The van der Waals surface area contributed by atoms with Gasteiger partial charge in [-0.2, -0.15) is 4.98 Å². The average Bonchev–Trinajstić information content (AvgIpc) is 2.37. The molecule has 1 N–H and O–H groups in total. The predicted octanol–water partition coefficient (Wildman–Crippen LogP) is 1.48. The van der Waals surface area contributed by atoms with Gasteiger partial charge < -0.3 is 14.7 Å². The Labute approximate surface area is 112 Å². The first kappa shape index (κ1) is 13.6. The van der Waals surface area contributed by atoms with E-state index in [1.807, 2.05) is 11.8 Å². The van der Waals surface area contributed by atoms with Crippen LogP contribution >= 0.6 is 0 Å². The van der Waals surface area contributed by atoms with Gasteiger partial charge in [-0.1, -0.05) is 6.92 Å². The van der Waals surface area contributed by atoms with Crippen molar-refractivity contribution in [3.8, 4) is 5.88 Å². The van der Waals surface area contributed by atoms with Gasteiger partial charge in [-0.15, -0.1) is 0 Å². The van der Waals surface area contributed by atoms with Gasteiger partial charge in [0.1, 0.15) is 17.7 Å². The highest BCUT2D eigenvalue weighted by atomic mass is 16.5. The molecule has 0 spiro atoms. The van der Waals surface area contributed by atoms with Crippen LogP contribution in [0.3, 0.4) is 0 Å². The van der Waals surface area contributed by atoms with Crippen molar-refractivity contribution in [2.24, 2.45) is 5.92 Å². The number of carboxylic acid groups (broad SMARTS) is 1. The molecule has 6 nitrogen and oxygen atoms in total. The second kappa shape index (κ2) is 5.42. The van der Waals surface area contributed by atoms with E-state index in [9.17, 15) is 9.90 Å². The Hall–Kier alpha value is -1.85. The van der Waals surface area contributed by atoms with E-state index in [0.29, 0.717) is 24.1 Å². The topological polar surface area (TPSA) is 75.5 Å². The Balaban J connectivity index is 2.37. The average molecular weight is 265 g/mol. The number of hydrogen-bond donors (Lipinski definition) is 1. The van der Waals surface area contributed by atoms with Crippen molar-refractivity contribution in [2.75, 3.05) is 18.6 Å². The Morgan fingerprint density at radius 2 is 2.26 bits per heavy atom. The van der Waals surface area contributed by atoms with E-state index in [4.69, 9.17) is 4.74 Å². The lowest BCUT2D eigenvalue weighted by Crippen LogP contribution is -2.49. The number of nitrogens with zero attached hydrogens (tertiary/aromatic N) is 3. The van der Waals surface area contributed by atoms with Gasteiger partial charge in [0.2, 0.25) is 5.88 Å². The molecule has 1 fully saturated rings. The molecule has 1 aromatic heterocycles. The summed E-state index contributed by atoms with van der Waals surface area (Å²) >= 11 is 0. The van der Waals surface area contributed by atoms with Crippen LogP contribution < -0.4 is 9.64 Å². The second-order valence-electron chi connectivity index (χ2n) is 4.91. The molecule has 0 radical (unpaired) electrons. The predicted molar refractivity (Wildman–Crippen MR) is 70.5 cm³/mol. The Morgan fingerprint density at radius 1 is 1.53 bits per heavy atom. The number of aryl methyl sites for hydroxylation is 1. The van der Waals surface area contributed by atoms with Gasteiger partial charge in [-0.25, -0.2) is 9.78 Å². The number of hydrogen-bond acceptors (Lipinski definition) is 5. The summed E-state index contributed by atoms with van der Waals surface area (Å²) in [4.78, 5) is 21.8. The number of methoxy groups -OCH3 is 1. The highest BCUT2D eigenvalue weighted by Crippen LogP contribution is 2.29. The van der Waals surface area contributed by atoms with Crippen LogP contribution in [-0.2, 0) is 4.79 Å². The second-order valence-corrected chi connectivity index (χ2v) is 4.91. The molecule has 0 aliphatic carbocycles. The number of anilines is 1. The number of rotatable bonds is 3. The molecule has 2 heterocycles. The first-order valence-electron chi connectivity index (χ1n) is 6.42. The zero-order valence-electron chi connectivity index (χ0n) is 11.5. The van der Waals surface area contributed by atoms with Crippen molar-refractivity contribution in [2.45, 2.75) is 32.7 Å². The molecule has 0 aromatic carbocycles. The molecule has 0 saturated carbocycles. The van der Waals surface area contributed by atoms with Gasteiger partial charge in [-0.3, -0.25) is 0 Å². The first-order valence-corrected chi connectivity index (χ1v) is 6.42. The fourth-order valence-corrected chi connectivity index (χ4v) is 2.60. The number of aromatic nitrogens is 2. The molecule has 0 bridgehead atoms. The van der Waals surface area contributed by atoms with Crippen molar-refractivity contribution in [3.05, 3.63) is 11.9 Å². The fraction of sp³-hybridized carbons (Fsp3) is 0.615. The summed E-state index contributed by atoms with van der Waals surface area (Å²) in [6.45, 7) is 4.44. The van der Waals surface area contributed by atoms with Crippen molar-refractivity contribution >= 4 is 11.8 Å². The number of piperidine rings is 1. The quantitative estimate of drug-likeness (QED) is 0.892. The largest absolute Gasteiger partial charge is 0.481 e. The van der Waals surface area contributed by atoms with Crippen LogP contribution in [-0.4, -0.2) is 40.7 Å². The molecule has 1 aliphatic rings. The fourth-order valence-electron chi connectivity index (χ4n) is 2.60. The minimum atomic E-state index is -0.803. The van der Waals surface area contributed by atoms with Crippen molar-refractivity contribution in [1.82, 2.24) is 9.97 Å². The van der Waals surface area contributed by atoms with Crippen molar-refractivity contribution in [3.63, 3.8) is 0 Å². The molecular formula is C13H19N3O3. The number of carboxylic acids is 1. The van der Waals surface area contributed by atoms with E-state index in [1.54, 1.807) is 20.1 Å². The summed E-state index contributed by atoms with van der Waals surface area (Å²) in [7, 11) is 1.54. The molecule has 2 unspecified atom stereocenters. The summed E-state index contributed by atoms with van der Waals surface area (Å²) in [5.41, 5.74) is 0. The van der Waals surface area contributed by atoms with Crippen LogP contribution in [0.1, 0.15) is 25.6 Å². The summed E-state index contributed by atoms with van der Waals surface area (Å²) < 4.78 is 5.12. The zero-order valence-corrected chi connectivity index (χ0v) is 11.5. The summed E-state index contributed by atoms with van der Waals surface area (Å²) in [5.74, 6) is 0.972. The van der Waals surface area contributed by atoms with E-state index in [0.717, 1.165) is 12.8 Å². The minimum absolute atomic E-state index is 0.104. The summed E-state index contributed by atoms with van der Waals surface area (Å²) in [5, 5.41) is 9.42. The lowest BCUT2D eigenvalue weighted by Gasteiger charge is -2.38. The molecule has 1 aliphatic heterocycles. The van der Waals surface area contributed by atoms with Crippen LogP contribution in [0.25, 0.3) is 0 Å². The Morgan fingerprint density at radius 3 is 2.89 bits per heavy atom. The third-order valence-corrected chi connectivity index (χ3v) is 3.49. The highest BCUT2D eigenvalue weighted by Gasteiger charge is 2.35. The molecule has 19 heavy (non-hydrogen) atoms. The monoisotopic (exact) mass is 265 g/mol. The lowest BCUT2D eigenvalue weighted by atomic mass is 9.91. The number of carbonyl (C=O) groups is 1. The van der Waals surface area contributed by atoms with Gasteiger partial charge in [-0.05, 0) is 25.7 Å². The van der Waals surface area contributed by atoms with E-state index >= 15 is 0 Å². The van der Waals surface area contributed by atoms with Crippen LogP contribution in [0.2, 0.25) is 0 Å². The molecule has 0 amide bonds. The van der Waals surface area contributed by atoms with Gasteiger partial charge in [0.15, 0.2) is 0 Å². The zero-order chi connectivity index (χ0) is 14.0. The van der Waals surface area contributed by atoms with E-state index < -0.39 is 12.0 Å². The molecule has 2 atom stereocenters. The van der Waals surface area contributed by atoms with Crippen LogP contribution in [0.5, 0.6) is 5.88 Å². The molecule has 6 heteroatoms. The van der Waals surface area contributed by atoms with Gasteiger partial charge in [0, 0.05) is 12.6 Å². The molecular weight excluding hydrogens is 246 g/mol. The number of aliphatic carboxylic acids is 1. The van der Waals surface area contributed by atoms with Crippen LogP contribution in [0.4, 0.5) is 5.82 Å². The van der Waals surface area contributed by atoms with E-state index in [-0.39, 0.29) is 5.92 Å². The van der Waals surface area contributed by atoms with Crippen molar-refractivity contribution in [1.29, 1.82) is 0 Å². The maximum Gasteiger partial charge on any atom is 0.326 e. The standard InChI is InChI=1S/C13H19N3O3/c1-8-5-4-6-16(12(8)13(17)18)10-7-11(19-3)15-9(2)14-10/h7-8,12H,4-6H2,1-3H3,(H,17,18). The van der Waals surface area contributed by atoms with Gasteiger partial charge in [0.05, 0.1) is 7.11 Å². The van der Waals surface area contributed by atoms with E-state index in [2.05, 4.69) is 9.97 Å². The smallest absolute Gasteiger partial charge is 0.326 e. The van der Waals surface area contributed by atoms with Gasteiger partial charge >= 0.3 is 5.97 Å². The van der Waals surface area contributed by atoms with Crippen LogP contribution in [0.15, 0.2) is 6.07 Å². The summed E-state index contributed by atoms with van der Waals surface area (Å²) in [6, 6.07) is 1.16. The molecule has 104 valence electrons. The lowest BCUT2D eigenvalue weighted by molar-refractivity contribution is -0.140. The molecule has 2 rings (SSSR count). The summed E-state index contributed by atoms with van der Waals surface area (Å²) in [6.07, 6.45) is 1.89. The number of ether oxygens (including phenoxy) is 1. The third kappa shape index (κ3) is 2.77.